The minimum Gasteiger partial charge on any atom is -0.611 e. The van der Waals surface area contributed by atoms with E-state index in [1.807, 2.05) is 49.4 Å². The number of amides is 2. The van der Waals surface area contributed by atoms with Crippen LogP contribution in [0.5, 0.6) is 0 Å². The zero-order valence-corrected chi connectivity index (χ0v) is 20.5. The zero-order valence-electron chi connectivity index (χ0n) is 19.7. The van der Waals surface area contributed by atoms with Crippen molar-refractivity contribution in [2.45, 2.75) is 62.4 Å². The van der Waals surface area contributed by atoms with Crippen molar-refractivity contribution >= 4 is 28.8 Å². The van der Waals surface area contributed by atoms with Crippen molar-refractivity contribution in [3.63, 3.8) is 0 Å². The van der Waals surface area contributed by atoms with Crippen LogP contribution in [0.25, 0.3) is 0 Å². The molecule has 3 atom stereocenters. The average molecular weight is 481 g/mol. The van der Waals surface area contributed by atoms with Gasteiger partial charge < -0.3 is 14.4 Å². The third-order valence-corrected chi connectivity index (χ3v) is 8.14. The summed E-state index contributed by atoms with van der Waals surface area (Å²) in [4.78, 5) is 43.4. The molecule has 2 aliphatic rings. The van der Waals surface area contributed by atoms with Gasteiger partial charge in [0.25, 0.3) is 0 Å². The Balaban J connectivity index is 1.37. The third-order valence-electron chi connectivity index (χ3n) is 6.79. The van der Waals surface area contributed by atoms with Gasteiger partial charge in [0, 0.05) is 19.5 Å². The highest BCUT2D eigenvalue weighted by Gasteiger charge is 2.42. The van der Waals surface area contributed by atoms with Crippen LogP contribution in [0.2, 0.25) is 0 Å². The number of carbonyl (C=O) groups excluding carboxylic acids is 3. The number of Topliss-reactive ketones (excluding diaryl/α,β-unsaturated/α-hetero) is 1. The van der Waals surface area contributed by atoms with E-state index < -0.39 is 23.3 Å². The predicted molar refractivity (Wildman–Crippen MR) is 132 cm³/mol. The van der Waals surface area contributed by atoms with E-state index in [1.54, 1.807) is 21.9 Å². The molecule has 0 N–H and O–H groups in total. The topological polar surface area (TPSA) is 80.8 Å². The van der Waals surface area contributed by atoms with Crippen LogP contribution in [0.3, 0.4) is 0 Å². The predicted octanol–water partition coefficient (Wildman–Crippen LogP) is 3.29. The van der Waals surface area contributed by atoms with Crippen molar-refractivity contribution in [2.75, 3.05) is 18.8 Å². The standard InChI is InChI=1S/C27H32N2O4S/c1-20-11-14-22(15-12-20)34(33)19-25(30)23-9-5-18-29(23)27(32)24-10-6-17-28(24)26(31)16-13-21-7-3-2-4-8-21/h2-4,7-8,11-12,14-15,23-24H,5-6,9-10,13,16-19H2,1H3/t23-,24-,34?/m0/s1. The molecule has 2 saturated heterocycles. The lowest BCUT2D eigenvalue weighted by Gasteiger charge is -2.31. The second-order valence-corrected chi connectivity index (χ2v) is 10.6. The highest BCUT2D eigenvalue weighted by molar-refractivity contribution is 7.92. The van der Waals surface area contributed by atoms with Gasteiger partial charge in [0.1, 0.15) is 6.04 Å². The summed E-state index contributed by atoms with van der Waals surface area (Å²) in [6.07, 6.45) is 3.76. The van der Waals surface area contributed by atoms with Crippen LogP contribution in [0.15, 0.2) is 59.5 Å². The quantitative estimate of drug-likeness (QED) is 0.543. The molecule has 2 amide bonds. The molecule has 0 radical (unpaired) electrons. The number of hydrogen-bond donors (Lipinski definition) is 0. The highest BCUT2D eigenvalue weighted by Crippen LogP contribution is 2.27. The second-order valence-electron chi connectivity index (χ2n) is 9.19. The fourth-order valence-electron chi connectivity index (χ4n) is 4.92. The van der Waals surface area contributed by atoms with E-state index in [-0.39, 0.29) is 23.4 Å². The van der Waals surface area contributed by atoms with Gasteiger partial charge in [0.2, 0.25) is 17.6 Å². The van der Waals surface area contributed by atoms with E-state index in [0.29, 0.717) is 43.7 Å². The summed E-state index contributed by atoms with van der Waals surface area (Å²) in [6.45, 7) is 3.04. The molecule has 2 aliphatic heterocycles. The van der Waals surface area contributed by atoms with Crippen LogP contribution in [-0.2, 0) is 32.0 Å². The maximum Gasteiger partial charge on any atom is 0.245 e. The van der Waals surface area contributed by atoms with E-state index in [0.717, 1.165) is 24.0 Å². The van der Waals surface area contributed by atoms with E-state index in [1.165, 1.54) is 0 Å². The molecule has 0 bridgehead atoms. The van der Waals surface area contributed by atoms with Crippen molar-refractivity contribution in [3.8, 4) is 0 Å². The molecule has 7 heteroatoms. The SMILES string of the molecule is Cc1ccc([S+]([O-])CC(=O)[C@@H]2CCCN2C(=O)[C@@H]2CCCN2C(=O)CCc2ccccc2)cc1. The Morgan fingerprint density at radius 2 is 1.56 bits per heavy atom. The minimum absolute atomic E-state index is 0.0118. The summed E-state index contributed by atoms with van der Waals surface area (Å²) in [5.41, 5.74) is 2.17. The fourth-order valence-corrected chi connectivity index (χ4v) is 5.97. The molecule has 180 valence electrons. The minimum atomic E-state index is -1.44. The van der Waals surface area contributed by atoms with E-state index in [2.05, 4.69) is 0 Å². The van der Waals surface area contributed by atoms with Gasteiger partial charge in [-0.05, 0) is 67.9 Å². The van der Waals surface area contributed by atoms with Crippen LogP contribution >= 0.6 is 0 Å². The van der Waals surface area contributed by atoms with Gasteiger partial charge in [-0.2, -0.15) is 0 Å². The number of benzene rings is 2. The van der Waals surface area contributed by atoms with Crippen LogP contribution < -0.4 is 0 Å². The summed E-state index contributed by atoms with van der Waals surface area (Å²) < 4.78 is 12.7. The van der Waals surface area contributed by atoms with E-state index >= 15 is 0 Å². The monoisotopic (exact) mass is 480 g/mol. The maximum atomic E-state index is 13.4. The first-order valence-electron chi connectivity index (χ1n) is 12.1. The Hall–Kier alpha value is -2.64. The molecule has 2 heterocycles. The molecule has 2 aromatic carbocycles. The van der Waals surface area contributed by atoms with E-state index in [4.69, 9.17) is 0 Å². The summed E-state index contributed by atoms with van der Waals surface area (Å²) >= 11 is -1.44. The Morgan fingerprint density at radius 1 is 0.912 bits per heavy atom. The molecule has 2 aromatic rings. The fraction of sp³-hybridized carbons (Fsp3) is 0.444. The first kappa shape index (κ1) is 24.5. The molecular formula is C27H32N2O4S. The number of nitrogens with zero attached hydrogens (tertiary/aromatic N) is 2. The number of carbonyl (C=O) groups is 3. The number of ketones is 1. The molecular weight excluding hydrogens is 448 g/mol. The Bertz CT molecular complexity index is 1010. The zero-order chi connectivity index (χ0) is 24.1. The first-order valence-corrected chi connectivity index (χ1v) is 13.4. The number of likely N-dealkylation sites (tertiary alicyclic amines) is 2. The van der Waals surface area contributed by atoms with Crippen LogP contribution in [0.1, 0.15) is 43.2 Å². The van der Waals surface area contributed by atoms with Gasteiger partial charge in [-0.15, -0.1) is 0 Å². The normalized spacial score (nSPS) is 21.0. The van der Waals surface area contributed by atoms with Gasteiger partial charge in [0.15, 0.2) is 10.6 Å². The van der Waals surface area contributed by atoms with Crippen molar-refractivity contribution in [2.24, 2.45) is 0 Å². The summed E-state index contributed by atoms with van der Waals surface area (Å²) in [5.74, 6) is -0.406. The molecule has 0 aromatic heterocycles. The van der Waals surface area contributed by atoms with Crippen LogP contribution in [-0.4, -0.2) is 62.9 Å². The summed E-state index contributed by atoms with van der Waals surface area (Å²) in [6, 6.07) is 16.1. The lowest BCUT2D eigenvalue weighted by atomic mass is 10.1. The largest absolute Gasteiger partial charge is 0.611 e. The van der Waals surface area contributed by atoms with E-state index in [9.17, 15) is 18.9 Å². The highest BCUT2D eigenvalue weighted by atomic mass is 32.2. The maximum absolute atomic E-state index is 13.4. The molecule has 4 rings (SSSR count). The van der Waals surface area contributed by atoms with Crippen molar-refractivity contribution in [1.82, 2.24) is 9.80 Å². The Kier molecular flexibility index (Phi) is 8.06. The molecule has 1 unspecified atom stereocenters. The van der Waals surface area contributed by atoms with Gasteiger partial charge in [0.05, 0.1) is 6.04 Å². The van der Waals surface area contributed by atoms with Gasteiger partial charge in [-0.25, -0.2) is 0 Å². The Labute approximate surface area is 204 Å². The molecule has 0 spiro atoms. The Morgan fingerprint density at radius 3 is 2.26 bits per heavy atom. The van der Waals surface area contributed by atoms with Crippen molar-refractivity contribution < 1.29 is 18.9 Å². The number of aryl methyl sites for hydroxylation is 2. The average Bonchev–Trinajstić information content (AvgIpc) is 3.53. The van der Waals surface area contributed by atoms with Crippen LogP contribution in [0, 0.1) is 6.92 Å². The third kappa shape index (κ3) is 5.70. The smallest absolute Gasteiger partial charge is 0.245 e. The van der Waals surface area contributed by atoms with Gasteiger partial charge in [-0.1, -0.05) is 48.0 Å². The summed E-state index contributed by atoms with van der Waals surface area (Å²) in [7, 11) is 0. The number of rotatable bonds is 8. The molecule has 0 aliphatic carbocycles. The summed E-state index contributed by atoms with van der Waals surface area (Å²) in [5, 5.41) is 0. The first-order chi connectivity index (χ1) is 16.4. The second kappa shape index (κ2) is 11.2. The molecule has 34 heavy (non-hydrogen) atoms. The van der Waals surface area contributed by atoms with Gasteiger partial charge in [-0.3, -0.25) is 14.4 Å². The molecule has 2 fully saturated rings. The lowest BCUT2D eigenvalue weighted by molar-refractivity contribution is -0.146. The number of hydrogen-bond acceptors (Lipinski definition) is 4. The molecule has 6 nitrogen and oxygen atoms in total. The molecule has 0 saturated carbocycles. The van der Waals surface area contributed by atoms with Crippen LogP contribution in [0.4, 0.5) is 0 Å². The van der Waals surface area contributed by atoms with Crippen molar-refractivity contribution in [1.29, 1.82) is 0 Å². The lowest BCUT2D eigenvalue weighted by Crippen LogP contribution is -2.51. The van der Waals surface area contributed by atoms with Crippen molar-refractivity contribution in [3.05, 3.63) is 65.7 Å². The van der Waals surface area contributed by atoms with Gasteiger partial charge >= 0.3 is 0 Å².